The Bertz CT molecular complexity index is 140. The topological polar surface area (TPSA) is 46.3 Å². The molecule has 0 bridgehead atoms. The molecule has 4 heteroatoms. The van der Waals surface area contributed by atoms with Crippen LogP contribution in [0.3, 0.4) is 0 Å². The summed E-state index contributed by atoms with van der Waals surface area (Å²) in [5, 5.41) is 0. The summed E-state index contributed by atoms with van der Waals surface area (Å²) >= 11 is 0. The second-order valence-electron chi connectivity index (χ2n) is 2.69. The molecule has 0 aromatic heterocycles. The van der Waals surface area contributed by atoms with Gasteiger partial charge in [0.05, 0.1) is 6.04 Å². The van der Waals surface area contributed by atoms with E-state index in [1.165, 1.54) is 0 Å². The van der Waals surface area contributed by atoms with E-state index in [0.717, 1.165) is 25.9 Å². The van der Waals surface area contributed by atoms with Gasteiger partial charge in [0.2, 0.25) is 5.91 Å². The van der Waals surface area contributed by atoms with Crippen LogP contribution in [-0.4, -0.2) is 29.9 Å². The first kappa shape index (κ1) is 10.7. The molecule has 0 aromatic rings. The van der Waals surface area contributed by atoms with Gasteiger partial charge in [-0.15, -0.1) is 12.4 Å². The summed E-state index contributed by atoms with van der Waals surface area (Å²) < 4.78 is 0. The van der Waals surface area contributed by atoms with Crippen molar-refractivity contribution in [3.8, 4) is 0 Å². The van der Waals surface area contributed by atoms with Gasteiger partial charge in [0.25, 0.3) is 0 Å². The molecule has 1 amide bonds. The van der Waals surface area contributed by atoms with E-state index in [2.05, 4.69) is 11.8 Å². The lowest BCUT2D eigenvalue weighted by atomic mass is 10.2. The molecule has 1 fully saturated rings. The van der Waals surface area contributed by atoms with E-state index in [9.17, 15) is 4.79 Å². The number of nitrogens with two attached hydrogens (primary N) is 1. The standard InChI is InChI=1S/C7H14N2O.ClH/c1-2-9-5-3-4-6(9)7(8)10;/h6H,2-5H2,1H3,(H2,8,10);1H/t6-;/m0./s1. The molecule has 0 aromatic carbocycles. The molecule has 1 aliphatic rings. The van der Waals surface area contributed by atoms with E-state index < -0.39 is 0 Å². The van der Waals surface area contributed by atoms with Crippen LogP contribution in [0.4, 0.5) is 0 Å². The second kappa shape index (κ2) is 4.57. The summed E-state index contributed by atoms with van der Waals surface area (Å²) in [5.74, 6) is -0.167. The zero-order valence-corrected chi connectivity index (χ0v) is 7.56. The van der Waals surface area contributed by atoms with E-state index in [1.807, 2.05) is 0 Å². The Labute approximate surface area is 73.3 Å². The minimum atomic E-state index is -0.167. The van der Waals surface area contributed by atoms with Crippen molar-refractivity contribution in [1.29, 1.82) is 0 Å². The van der Waals surface area contributed by atoms with Gasteiger partial charge >= 0.3 is 0 Å². The van der Waals surface area contributed by atoms with E-state index in [-0.39, 0.29) is 24.4 Å². The molecule has 1 aliphatic heterocycles. The maximum atomic E-state index is 10.8. The first-order valence-corrected chi connectivity index (χ1v) is 3.79. The fraction of sp³-hybridized carbons (Fsp3) is 0.857. The highest BCUT2D eigenvalue weighted by Crippen LogP contribution is 2.15. The van der Waals surface area contributed by atoms with Crippen molar-refractivity contribution >= 4 is 18.3 Å². The maximum absolute atomic E-state index is 10.8. The van der Waals surface area contributed by atoms with E-state index in [1.54, 1.807) is 0 Å². The van der Waals surface area contributed by atoms with Crippen molar-refractivity contribution in [2.75, 3.05) is 13.1 Å². The number of amides is 1. The molecule has 2 N–H and O–H groups in total. The Hall–Kier alpha value is -0.280. The van der Waals surface area contributed by atoms with Crippen LogP contribution < -0.4 is 5.73 Å². The fourth-order valence-electron chi connectivity index (χ4n) is 1.53. The predicted octanol–water partition coefficient (Wildman–Crippen LogP) is 0.378. The van der Waals surface area contributed by atoms with Crippen LogP contribution >= 0.6 is 12.4 Å². The predicted molar refractivity (Wildman–Crippen MR) is 46.7 cm³/mol. The quantitative estimate of drug-likeness (QED) is 0.665. The van der Waals surface area contributed by atoms with Crippen LogP contribution in [-0.2, 0) is 4.79 Å². The normalized spacial score (nSPS) is 24.6. The largest absolute Gasteiger partial charge is 0.368 e. The number of hydrogen-bond donors (Lipinski definition) is 1. The first-order valence-electron chi connectivity index (χ1n) is 3.79. The van der Waals surface area contributed by atoms with E-state index >= 15 is 0 Å². The van der Waals surface area contributed by atoms with E-state index in [0.29, 0.717) is 0 Å². The number of rotatable bonds is 2. The molecular formula is C7H15ClN2O. The smallest absolute Gasteiger partial charge is 0.234 e. The number of hydrogen-bond acceptors (Lipinski definition) is 2. The highest BCUT2D eigenvalue weighted by molar-refractivity contribution is 5.85. The van der Waals surface area contributed by atoms with Gasteiger partial charge in [-0.2, -0.15) is 0 Å². The number of likely N-dealkylation sites (tertiary alicyclic amines) is 1. The van der Waals surface area contributed by atoms with Crippen LogP contribution in [0.2, 0.25) is 0 Å². The van der Waals surface area contributed by atoms with Crippen LogP contribution in [0.1, 0.15) is 19.8 Å². The molecule has 1 rings (SSSR count). The fourth-order valence-corrected chi connectivity index (χ4v) is 1.53. The van der Waals surface area contributed by atoms with Crippen molar-refractivity contribution in [2.24, 2.45) is 5.73 Å². The molecule has 0 saturated carbocycles. The molecule has 0 radical (unpaired) electrons. The maximum Gasteiger partial charge on any atom is 0.234 e. The first-order chi connectivity index (χ1) is 4.75. The number of likely N-dealkylation sites (N-methyl/N-ethyl adjacent to an activating group) is 1. The lowest BCUT2D eigenvalue weighted by Crippen LogP contribution is -2.39. The summed E-state index contributed by atoms with van der Waals surface area (Å²) in [6.07, 6.45) is 2.06. The highest BCUT2D eigenvalue weighted by atomic mass is 35.5. The van der Waals surface area contributed by atoms with Gasteiger partial charge < -0.3 is 5.73 Å². The number of nitrogens with zero attached hydrogens (tertiary/aromatic N) is 1. The molecular weight excluding hydrogens is 164 g/mol. The number of primary amides is 1. The summed E-state index contributed by atoms with van der Waals surface area (Å²) in [7, 11) is 0. The molecule has 0 aliphatic carbocycles. The van der Waals surface area contributed by atoms with Gasteiger partial charge in [0.15, 0.2) is 0 Å². The average Bonchev–Trinajstić information content (AvgIpc) is 2.33. The van der Waals surface area contributed by atoms with Crippen molar-refractivity contribution in [2.45, 2.75) is 25.8 Å². The van der Waals surface area contributed by atoms with E-state index in [4.69, 9.17) is 5.73 Å². The second-order valence-corrected chi connectivity index (χ2v) is 2.69. The Morgan fingerprint density at radius 3 is 2.73 bits per heavy atom. The molecule has 1 atom stereocenters. The summed E-state index contributed by atoms with van der Waals surface area (Å²) in [6.45, 7) is 4.03. The van der Waals surface area contributed by atoms with Crippen molar-refractivity contribution < 1.29 is 4.79 Å². The Kier molecular flexibility index (Phi) is 4.45. The molecule has 1 heterocycles. The van der Waals surface area contributed by atoms with Gasteiger partial charge in [0.1, 0.15) is 0 Å². The lowest BCUT2D eigenvalue weighted by Gasteiger charge is -2.18. The molecule has 0 unspecified atom stereocenters. The van der Waals surface area contributed by atoms with Crippen molar-refractivity contribution in [3.63, 3.8) is 0 Å². The minimum Gasteiger partial charge on any atom is -0.368 e. The average molecular weight is 179 g/mol. The van der Waals surface area contributed by atoms with Gasteiger partial charge in [-0.05, 0) is 25.9 Å². The van der Waals surface area contributed by atoms with Gasteiger partial charge in [-0.3, -0.25) is 9.69 Å². The zero-order chi connectivity index (χ0) is 7.56. The summed E-state index contributed by atoms with van der Waals surface area (Å²) in [4.78, 5) is 12.9. The van der Waals surface area contributed by atoms with Crippen LogP contribution in [0.15, 0.2) is 0 Å². The Balaban J connectivity index is 0.000001000. The number of carbonyl (C=O) groups is 1. The third kappa shape index (κ3) is 2.34. The molecule has 11 heavy (non-hydrogen) atoms. The molecule has 0 spiro atoms. The van der Waals surface area contributed by atoms with Gasteiger partial charge in [0, 0.05) is 0 Å². The third-order valence-corrected chi connectivity index (χ3v) is 2.10. The van der Waals surface area contributed by atoms with Crippen LogP contribution in [0.5, 0.6) is 0 Å². The Morgan fingerprint density at radius 1 is 1.73 bits per heavy atom. The minimum absolute atomic E-state index is 0. The van der Waals surface area contributed by atoms with Crippen LogP contribution in [0.25, 0.3) is 0 Å². The SMILES string of the molecule is CCN1CCC[C@H]1C(N)=O.Cl. The molecule has 66 valence electrons. The zero-order valence-electron chi connectivity index (χ0n) is 6.75. The number of carbonyl (C=O) groups excluding carboxylic acids is 1. The molecule has 3 nitrogen and oxygen atoms in total. The number of halogens is 1. The summed E-state index contributed by atoms with van der Waals surface area (Å²) in [5.41, 5.74) is 5.18. The Morgan fingerprint density at radius 2 is 2.36 bits per heavy atom. The highest BCUT2D eigenvalue weighted by Gasteiger charge is 2.26. The van der Waals surface area contributed by atoms with Crippen LogP contribution in [0, 0.1) is 0 Å². The lowest BCUT2D eigenvalue weighted by molar-refractivity contribution is -0.122. The third-order valence-electron chi connectivity index (χ3n) is 2.10. The van der Waals surface area contributed by atoms with Crippen molar-refractivity contribution in [3.05, 3.63) is 0 Å². The van der Waals surface area contributed by atoms with Gasteiger partial charge in [-0.1, -0.05) is 6.92 Å². The molecule has 1 saturated heterocycles. The summed E-state index contributed by atoms with van der Waals surface area (Å²) in [6, 6.07) is 0.0185. The van der Waals surface area contributed by atoms with Crippen molar-refractivity contribution in [1.82, 2.24) is 4.90 Å². The monoisotopic (exact) mass is 178 g/mol. The van der Waals surface area contributed by atoms with Gasteiger partial charge in [-0.25, -0.2) is 0 Å².